The zero-order chi connectivity index (χ0) is 21.0. The van der Waals surface area contributed by atoms with Crippen LogP contribution in [0.25, 0.3) is 0 Å². The molecule has 0 aliphatic carbocycles. The number of hydrogen-bond donors (Lipinski definition) is 4. The molecule has 0 aliphatic heterocycles. The number of nitrogens with one attached hydrogen (secondary N) is 2. The second-order valence-electron chi connectivity index (χ2n) is 6.48. The summed E-state index contributed by atoms with van der Waals surface area (Å²) in [7, 11) is 0. The molecule has 1 aromatic carbocycles. The topological polar surface area (TPSA) is 125 Å². The van der Waals surface area contributed by atoms with Gasteiger partial charge in [0.15, 0.2) is 0 Å². The van der Waals surface area contributed by atoms with E-state index in [1.807, 2.05) is 6.92 Å². The van der Waals surface area contributed by atoms with Crippen LogP contribution < -0.4 is 11.1 Å². The van der Waals surface area contributed by atoms with E-state index in [-0.39, 0.29) is 23.7 Å². The van der Waals surface area contributed by atoms with Gasteiger partial charge in [-0.15, -0.1) is 0 Å². The van der Waals surface area contributed by atoms with Crippen molar-refractivity contribution in [1.82, 2.24) is 15.3 Å². The average molecular weight is 410 g/mol. The summed E-state index contributed by atoms with van der Waals surface area (Å²) in [4.78, 5) is 20.9. The van der Waals surface area contributed by atoms with Gasteiger partial charge in [0.2, 0.25) is 0 Å². The molecule has 0 radical (unpaired) electrons. The van der Waals surface area contributed by atoms with Crippen molar-refractivity contribution < 1.29 is 9.90 Å². The Morgan fingerprint density at radius 1 is 1.24 bits per heavy atom. The largest absolute Gasteiger partial charge is 0.394 e. The fourth-order valence-electron chi connectivity index (χ4n) is 2.86. The number of aromatic nitrogens is 2. The van der Waals surface area contributed by atoms with Crippen LogP contribution in [0.4, 0.5) is 5.82 Å². The molecule has 3 rings (SSSR count). The van der Waals surface area contributed by atoms with Crippen molar-refractivity contribution in [3.63, 3.8) is 0 Å². The van der Waals surface area contributed by atoms with Gasteiger partial charge in [0.05, 0.1) is 23.9 Å². The van der Waals surface area contributed by atoms with Gasteiger partial charge in [-0.25, -0.2) is 4.98 Å². The van der Waals surface area contributed by atoms with Crippen molar-refractivity contribution in [2.45, 2.75) is 13.0 Å². The van der Waals surface area contributed by atoms with E-state index in [4.69, 9.17) is 22.7 Å². The van der Waals surface area contributed by atoms with Gasteiger partial charge in [-0.1, -0.05) is 23.7 Å². The van der Waals surface area contributed by atoms with Crippen molar-refractivity contribution >= 4 is 29.0 Å². The number of aliphatic hydroxyl groups is 1. The number of nitrogens with zero attached hydrogens (tertiary/aromatic N) is 2. The van der Waals surface area contributed by atoms with Crippen LogP contribution in [0.5, 0.6) is 0 Å². The molecule has 0 saturated heterocycles. The molecule has 0 saturated carbocycles. The Morgan fingerprint density at radius 3 is 2.72 bits per heavy atom. The predicted octanol–water partition coefficient (Wildman–Crippen LogP) is 2.90. The predicted molar refractivity (Wildman–Crippen MR) is 112 cm³/mol. The molecular weight excluding hydrogens is 390 g/mol. The van der Waals surface area contributed by atoms with Gasteiger partial charge in [0.1, 0.15) is 5.82 Å². The molecule has 2 heterocycles. The van der Waals surface area contributed by atoms with E-state index in [2.05, 4.69) is 15.3 Å². The monoisotopic (exact) mass is 409 g/mol. The number of amides is 1. The third kappa shape index (κ3) is 4.77. The highest BCUT2D eigenvalue weighted by Gasteiger charge is 2.18. The molecule has 5 N–H and O–H groups in total. The van der Waals surface area contributed by atoms with Crippen LogP contribution in [-0.4, -0.2) is 33.3 Å². The van der Waals surface area contributed by atoms with Crippen LogP contribution >= 0.6 is 11.6 Å². The van der Waals surface area contributed by atoms with Crippen LogP contribution in [0.2, 0.25) is 5.02 Å². The molecule has 7 nitrogen and oxygen atoms in total. The Bertz CT molecular complexity index is 1070. The lowest BCUT2D eigenvalue weighted by Crippen LogP contribution is -2.31. The number of aliphatic hydroxyl groups excluding tert-OH is 1. The number of carbonyl (C=O) groups excluding carboxylic acids is 1. The Labute approximate surface area is 173 Å². The van der Waals surface area contributed by atoms with E-state index in [1.165, 1.54) is 12.3 Å². The lowest BCUT2D eigenvalue weighted by molar-refractivity contribution is 0.0916. The number of aryl methyl sites for hydroxylation is 1. The number of hydrogen-bond acceptors (Lipinski definition) is 6. The van der Waals surface area contributed by atoms with E-state index in [1.54, 1.807) is 42.6 Å². The molecule has 148 valence electrons. The lowest BCUT2D eigenvalue weighted by Gasteiger charge is -2.17. The highest BCUT2D eigenvalue weighted by Crippen LogP contribution is 2.20. The number of benzene rings is 1. The summed E-state index contributed by atoms with van der Waals surface area (Å²) in [5.41, 5.74) is 8.72. The van der Waals surface area contributed by atoms with Crippen LogP contribution in [0.1, 0.15) is 38.8 Å². The number of nitrogen functional groups attached to an aromatic ring is 1. The van der Waals surface area contributed by atoms with Crippen LogP contribution in [0, 0.1) is 12.3 Å². The average Bonchev–Trinajstić information content (AvgIpc) is 2.71. The first-order chi connectivity index (χ1) is 13.9. The molecule has 29 heavy (non-hydrogen) atoms. The molecule has 2 aromatic heterocycles. The Morgan fingerprint density at radius 2 is 2.03 bits per heavy atom. The third-order valence-corrected chi connectivity index (χ3v) is 4.61. The van der Waals surface area contributed by atoms with E-state index >= 15 is 0 Å². The summed E-state index contributed by atoms with van der Waals surface area (Å²) >= 11 is 6.00. The molecule has 3 aromatic rings. The summed E-state index contributed by atoms with van der Waals surface area (Å²) in [6, 6.07) is 11.2. The number of rotatable bonds is 6. The fraction of sp³-hybridized carbons (Fsp3) is 0.143. The van der Waals surface area contributed by atoms with Crippen molar-refractivity contribution in [3.8, 4) is 0 Å². The number of nitrogens with two attached hydrogens (primary N) is 1. The molecule has 1 atom stereocenters. The summed E-state index contributed by atoms with van der Waals surface area (Å²) < 4.78 is 0. The van der Waals surface area contributed by atoms with Gasteiger partial charge < -0.3 is 16.2 Å². The number of pyridine rings is 2. The van der Waals surface area contributed by atoms with Crippen LogP contribution in [0.15, 0.2) is 54.9 Å². The third-order valence-electron chi connectivity index (χ3n) is 4.37. The standard InChI is InChI=1S/C21H20ClN5O2/c1-12-7-14(5-6-25-12)19(23)17-9-15(10-26-20(17)24)21(29)27-18(11-28)13-3-2-4-16(22)8-13/h2-10,18,23,28H,11H2,1H3,(H2,24,26)(H,27,29)/t18-/m1/s1. The molecule has 0 spiro atoms. The maximum atomic E-state index is 12.7. The maximum absolute atomic E-state index is 12.7. The van der Waals surface area contributed by atoms with Crippen LogP contribution in [-0.2, 0) is 0 Å². The molecule has 0 unspecified atom stereocenters. The van der Waals surface area contributed by atoms with Crippen molar-refractivity contribution in [1.29, 1.82) is 5.41 Å². The quantitative estimate of drug-likeness (QED) is 0.466. The molecule has 0 fully saturated rings. The van der Waals surface area contributed by atoms with Crippen molar-refractivity contribution in [2.24, 2.45) is 0 Å². The minimum absolute atomic E-state index is 0.142. The minimum Gasteiger partial charge on any atom is -0.394 e. The summed E-state index contributed by atoms with van der Waals surface area (Å²) in [6.07, 6.45) is 2.95. The molecular formula is C21H20ClN5O2. The van der Waals surface area contributed by atoms with Gasteiger partial charge in [-0.3, -0.25) is 15.2 Å². The minimum atomic E-state index is -0.635. The summed E-state index contributed by atoms with van der Waals surface area (Å²) in [5.74, 6) is -0.300. The SMILES string of the molecule is Cc1cc(C(=N)c2cc(C(=O)N[C@H](CO)c3cccc(Cl)c3)cnc2N)ccn1. The lowest BCUT2D eigenvalue weighted by atomic mass is 10.0. The smallest absolute Gasteiger partial charge is 0.253 e. The van der Waals surface area contributed by atoms with E-state index < -0.39 is 11.9 Å². The van der Waals surface area contributed by atoms with Gasteiger partial charge in [0, 0.05) is 34.2 Å². The zero-order valence-corrected chi connectivity index (χ0v) is 16.4. The second kappa shape index (κ2) is 8.81. The van der Waals surface area contributed by atoms with Crippen LogP contribution in [0.3, 0.4) is 0 Å². The fourth-order valence-corrected chi connectivity index (χ4v) is 3.05. The van der Waals surface area contributed by atoms with Gasteiger partial charge in [-0.05, 0) is 42.8 Å². The van der Waals surface area contributed by atoms with Gasteiger partial charge in [-0.2, -0.15) is 0 Å². The number of anilines is 1. The Hall–Kier alpha value is -3.29. The first-order valence-corrected chi connectivity index (χ1v) is 9.21. The van der Waals surface area contributed by atoms with E-state index in [0.717, 1.165) is 5.69 Å². The van der Waals surface area contributed by atoms with E-state index in [0.29, 0.717) is 21.7 Å². The first-order valence-electron chi connectivity index (χ1n) is 8.83. The Balaban J connectivity index is 1.86. The van der Waals surface area contributed by atoms with Crippen molar-refractivity contribution in [3.05, 3.63) is 87.8 Å². The zero-order valence-electron chi connectivity index (χ0n) is 15.7. The normalized spacial score (nSPS) is 11.7. The molecule has 1 amide bonds. The first kappa shape index (κ1) is 20.4. The maximum Gasteiger partial charge on any atom is 0.253 e. The number of halogens is 1. The summed E-state index contributed by atoms with van der Waals surface area (Å²) in [5, 5.41) is 21.4. The second-order valence-corrected chi connectivity index (χ2v) is 6.92. The molecule has 8 heteroatoms. The molecule has 0 bridgehead atoms. The number of carbonyl (C=O) groups is 1. The van der Waals surface area contributed by atoms with Gasteiger partial charge >= 0.3 is 0 Å². The Kier molecular flexibility index (Phi) is 6.21. The molecule has 0 aliphatic rings. The van der Waals surface area contributed by atoms with E-state index in [9.17, 15) is 9.90 Å². The van der Waals surface area contributed by atoms with Gasteiger partial charge in [0.25, 0.3) is 5.91 Å². The summed E-state index contributed by atoms with van der Waals surface area (Å²) in [6.45, 7) is 1.53. The highest BCUT2D eigenvalue weighted by molar-refractivity contribution is 6.30. The van der Waals surface area contributed by atoms with Crippen molar-refractivity contribution in [2.75, 3.05) is 12.3 Å². The highest BCUT2D eigenvalue weighted by atomic mass is 35.5.